The van der Waals surface area contributed by atoms with Crippen LogP contribution in [0, 0.1) is 11.8 Å². The molecule has 0 radical (unpaired) electrons. The third-order valence-electron chi connectivity index (χ3n) is 4.01. The minimum Gasteiger partial charge on any atom is -0.480 e. The van der Waals surface area contributed by atoms with Gasteiger partial charge in [-0.25, -0.2) is 4.79 Å². The van der Waals surface area contributed by atoms with Gasteiger partial charge in [0.15, 0.2) is 0 Å². The molecular weight excluding hydrogens is 270 g/mol. The minimum absolute atomic E-state index is 0.141. The molecule has 1 aliphatic carbocycles. The Morgan fingerprint density at radius 2 is 2.10 bits per heavy atom. The van der Waals surface area contributed by atoms with Crippen LogP contribution < -0.4 is 5.32 Å². The molecule has 1 aromatic rings. The summed E-state index contributed by atoms with van der Waals surface area (Å²) in [5.41, 5.74) is 0. The van der Waals surface area contributed by atoms with Crippen molar-refractivity contribution >= 4 is 11.9 Å². The molecule has 0 bridgehead atoms. The van der Waals surface area contributed by atoms with Crippen LogP contribution in [0.15, 0.2) is 16.5 Å². The lowest BCUT2D eigenvalue weighted by atomic mass is 10.0. The standard InChI is InChI=1S/C16H23NO4/c1-9(2)15(16(19)20)17-14(18)7-5-11-4-6-13(21-11)12-8-10(12)3/h4,6,9-10,12,15H,5,7-8H2,1-3H3,(H,17,18)(H,19,20)/t10?,12?,15-/m0/s1. The van der Waals surface area contributed by atoms with Crippen molar-refractivity contribution < 1.29 is 19.1 Å². The monoisotopic (exact) mass is 293 g/mol. The van der Waals surface area contributed by atoms with Crippen molar-refractivity contribution in [2.45, 2.75) is 52.0 Å². The molecule has 2 N–H and O–H groups in total. The van der Waals surface area contributed by atoms with Crippen molar-refractivity contribution in [2.75, 3.05) is 0 Å². The fourth-order valence-electron chi connectivity index (χ4n) is 2.44. The Morgan fingerprint density at radius 1 is 1.43 bits per heavy atom. The third kappa shape index (κ3) is 4.09. The van der Waals surface area contributed by atoms with Crippen molar-refractivity contribution in [3.8, 4) is 0 Å². The fourth-order valence-corrected chi connectivity index (χ4v) is 2.44. The van der Waals surface area contributed by atoms with Crippen LogP contribution in [-0.2, 0) is 16.0 Å². The summed E-state index contributed by atoms with van der Waals surface area (Å²) in [7, 11) is 0. The van der Waals surface area contributed by atoms with Crippen LogP contribution in [0.3, 0.4) is 0 Å². The first-order chi connectivity index (χ1) is 9.88. The van der Waals surface area contributed by atoms with E-state index in [-0.39, 0.29) is 18.2 Å². The second-order valence-electron chi connectivity index (χ2n) is 6.25. The predicted octanol–water partition coefficient (Wildman–Crippen LogP) is 2.56. The van der Waals surface area contributed by atoms with Crippen molar-refractivity contribution in [1.29, 1.82) is 0 Å². The molecule has 3 atom stereocenters. The Labute approximate surface area is 124 Å². The summed E-state index contributed by atoms with van der Waals surface area (Å²) in [4.78, 5) is 22.9. The summed E-state index contributed by atoms with van der Waals surface area (Å²) in [5.74, 6) is 1.62. The quantitative estimate of drug-likeness (QED) is 0.809. The Hall–Kier alpha value is -1.78. The number of furan rings is 1. The van der Waals surface area contributed by atoms with Crippen molar-refractivity contribution in [2.24, 2.45) is 11.8 Å². The Morgan fingerprint density at radius 3 is 2.62 bits per heavy atom. The lowest BCUT2D eigenvalue weighted by Crippen LogP contribution is -2.44. The molecule has 0 saturated heterocycles. The van der Waals surface area contributed by atoms with Gasteiger partial charge in [0, 0.05) is 18.8 Å². The number of rotatable bonds is 7. The number of carbonyl (C=O) groups is 2. The number of amides is 1. The molecule has 21 heavy (non-hydrogen) atoms. The smallest absolute Gasteiger partial charge is 0.326 e. The molecule has 0 aromatic carbocycles. The lowest BCUT2D eigenvalue weighted by Gasteiger charge is -2.17. The van der Waals surface area contributed by atoms with E-state index in [0.29, 0.717) is 18.3 Å². The molecule has 1 aromatic heterocycles. The maximum Gasteiger partial charge on any atom is 0.326 e. The first-order valence-corrected chi connectivity index (χ1v) is 7.49. The molecule has 1 heterocycles. The number of carboxylic acid groups (broad SMARTS) is 1. The number of aryl methyl sites for hydroxylation is 1. The van der Waals surface area contributed by atoms with E-state index in [1.165, 1.54) is 6.42 Å². The van der Waals surface area contributed by atoms with Crippen LogP contribution in [0.25, 0.3) is 0 Å². The molecule has 116 valence electrons. The normalized spacial score (nSPS) is 22.1. The van der Waals surface area contributed by atoms with Crippen LogP contribution in [0.1, 0.15) is 51.1 Å². The predicted molar refractivity (Wildman–Crippen MR) is 78.0 cm³/mol. The summed E-state index contributed by atoms with van der Waals surface area (Å²) < 4.78 is 5.73. The molecule has 2 rings (SSSR count). The van der Waals surface area contributed by atoms with Gasteiger partial charge in [-0.3, -0.25) is 4.79 Å². The van der Waals surface area contributed by atoms with Crippen LogP contribution in [0.5, 0.6) is 0 Å². The topological polar surface area (TPSA) is 79.5 Å². The van der Waals surface area contributed by atoms with Gasteiger partial charge in [-0.15, -0.1) is 0 Å². The number of nitrogens with one attached hydrogen (secondary N) is 1. The highest BCUT2D eigenvalue weighted by Crippen LogP contribution is 2.47. The molecule has 1 aliphatic rings. The van der Waals surface area contributed by atoms with Gasteiger partial charge in [0.1, 0.15) is 17.6 Å². The largest absolute Gasteiger partial charge is 0.480 e. The van der Waals surface area contributed by atoms with E-state index in [0.717, 1.165) is 11.5 Å². The number of hydrogen-bond acceptors (Lipinski definition) is 3. The van der Waals surface area contributed by atoms with Crippen LogP contribution in [0.2, 0.25) is 0 Å². The maximum absolute atomic E-state index is 11.8. The van der Waals surface area contributed by atoms with E-state index in [4.69, 9.17) is 9.52 Å². The summed E-state index contributed by atoms with van der Waals surface area (Å²) in [5, 5.41) is 11.6. The molecule has 5 heteroatoms. The van der Waals surface area contributed by atoms with E-state index < -0.39 is 12.0 Å². The highest BCUT2D eigenvalue weighted by Gasteiger charge is 2.36. The van der Waals surface area contributed by atoms with Gasteiger partial charge in [0.2, 0.25) is 5.91 Å². The van der Waals surface area contributed by atoms with Crippen LogP contribution >= 0.6 is 0 Å². The summed E-state index contributed by atoms with van der Waals surface area (Å²) >= 11 is 0. The van der Waals surface area contributed by atoms with Gasteiger partial charge in [-0.2, -0.15) is 0 Å². The zero-order valence-electron chi connectivity index (χ0n) is 12.8. The molecule has 5 nitrogen and oxygen atoms in total. The van der Waals surface area contributed by atoms with Crippen molar-refractivity contribution in [3.63, 3.8) is 0 Å². The Kier molecular flexibility index (Phi) is 4.70. The lowest BCUT2D eigenvalue weighted by molar-refractivity contribution is -0.143. The molecule has 1 amide bonds. The minimum atomic E-state index is -0.999. The molecule has 0 spiro atoms. The van der Waals surface area contributed by atoms with Crippen LogP contribution in [0.4, 0.5) is 0 Å². The molecule has 0 aliphatic heterocycles. The van der Waals surface area contributed by atoms with Gasteiger partial charge in [-0.05, 0) is 30.4 Å². The Bertz CT molecular complexity index is 520. The maximum atomic E-state index is 11.8. The molecule has 1 saturated carbocycles. The molecular formula is C16H23NO4. The average molecular weight is 293 g/mol. The second-order valence-corrected chi connectivity index (χ2v) is 6.25. The van der Waals surface area contributed by atoms with Gasteiger partial charge in [-0.1, -0.05) is 20.8 Å². The van der Waals surface area contributed by atoms with E-state index in [2.05, 4.69) is 12.2 Å². The first kappa shape index (κ1) is 15.6. The zero-order chi connectivity index (χ0) is 15.6. The Balaban J connectivity index is 1.80. The third-order valence-corrected chi connectivity index (χ3v) is 4.01. The highest BCUT2D eigenvalue weighted by molar-refractivity contribution is 5.83. The highest BCUT2D eigenvalue weighted by atomic mass is 16.4. The average Bonchev–Trinajstić information content (AvgIpc) is 2.96. The fraction of sp³-hybridized carbons (Fsp3) is 0.625. The van der Waals surface area contributed by atoms with Gasteiger partial charge in [0.25, 0.3) is 0 Å². The van der Waals surface area contributed by atoms with E-state index in [9.17, 15) is 9.59 Å². The number of aliphatic carboxylic acids is 1. The van der Waals surface area contributed by atoms with Crippen LogP contribution in [-0.4, -0.2) is 23.0 Å². The first-order valence-electron chi connectivity index (χ1n) is 7.49. The SMILES string of the molecule is CC1CC1c1ccc(CCC(=O)N[C@H](C(=O)O)C(C)C)o1. The zero-order valence-corrected chi connectivity index (χ0v) is 12.8. The number of carbonyl (C=O) groups excluding carboxylic acids is 1. The number of carboxylic acids is 1. The van der Waals surface area contributed by atoms with Gasteiger partial charge < -0.3 is 14.8 Å². The molecule has 1 fully saturated rings. The van der Waals surface area contributed by atoms with Gasteiger partial charge >= 0.3 is 5.97 Å². The summed E-state index contributed by atoms with van der Waals surface area (Å²) in [6.45, 7) is 5.74. The summed E-state index contributed by atoms with van der Waals surface area (Å²) in [6.07, 6.45) is 1.91. The summed E-state index contributed by atoms with van der Waals surface area (Å²) in [6, 6.07) is 3.05. The van der Waals surface area contributed by atoms with Gasteiger partial charge in [0.05, 0.1) is 0 Å². The van der Waals surface area contributed by atoms with Crippen molar-refractivity contribution in [3.05, 3.63) is 23.7 Å². The van der Waals surface area contributed by atoms with E-state index >= 15 is 0 Å². The number of hydrogen-bond donors (Lipinski definition) is 2. The van der Waals surface area contributed by atoms with Crippen molar-refractivity contribution in [1.82, 2.24) is 5.32 Å². The van der Waals surface area contributed by atoms with E-state index in [1.807, 2.05) is 12.1 Å². The molecule has 2 unspecified atom stereocenters. The van der Waals surface area contributed by atoms with E-state index in [1.54, 1.807) is 13.8 Å². The second kappa shape index (κ2) is 6.33.